The number of nitrogens with one attached hydrogen (secondary N) is 1. The molecule has 3 N–H and O–H groups in total. The van der Waals surface area contributed by atoms with Gasteiger partial charge in [0.05, 0.1) is 20.8 Å². The number of anilines is 2. The van der Waals surface area contributed by atoms with Crippen molar-refractivity contribution in [1.82, 2.24) is 20.2 Å². The summed E-state index contributed by atoms with van der Waals surface area (Å²) < 4.78 is 52.5. The number of nitrogens with zero attached hydrogens (tertiary/aromatic N) is 5. The Kier molecular flexibility index (Phi) is 6.44. The van der Waals surface area contributed by atoms with Gasteiger partial charge < -0.3 is 20.7 Å². The highest BCUT2D eigenvalue weighted by Gasteiger charge is 2.49. The molecule has 13 heteroatoms. The molecule has 0 amide bonds. The molecule has 228 valence electrons. The number of benzene rings is 2. The van der Waals surface area contributed by atoms with Crippen molar-refractivity contribution < 1.29 is 17.9 Å². The number of hydrogen-bond acceptors (Lipinski definition) is 9. The normalized spacial score (nSPS) is 24.3. The number of alkyl halides is 1. The van der Waals surface area contributed by atoms with E-state index < -0.39 is 23.3 Å². The van der Waals surface area contributed by atoms with Crippen molar-refractivity contribution in [3.05, 3.63) is 40.4 Å². The van der Waals surface area contributed by atoms with Gasteiger partial charge in [0.1, 0.15) is 41.0 Å². The second-order valence-corrected chi connectivity index (χ2v) is 14.1. The van der Waals surface area contributed by atoms with Gasteiger partial charge in [0.15, 0.2) is 5.82 Å². The lowest BCUT2D eigenvalue weighted by Gasteiger charge is -2.39. The molecule has 4 aliphatic heterocycles. The van der Waals surface area contributed by atoms with Gasteiger partial charge >= 0.3 is 6.01 Å². The van der Waals surface area contributed by atoms with Gasteiger partial charge in [-0.1, -0.05) is 17.7 Å². The molecule has 0 radical (unpaired) electrons. The third-order valence-corrected chi connectivity index (χ3v) is 11.3. The molecule has 44 heavy (non-hydrogen) atoms. The van der Waals surface area contributed by atoms with E-state index in [-0.39, 0.29) is 60.3 Å². The highest BCUT2D eigenvalue weighted by atomic mass is 35.5. The van der Waals surface area contributed by atoms with E-state index >= 15 is 4.39 Å². The lowest BCUT2D eigenvalue weighted by Crippen LogP contribution is -2.54. The van der Waals surface area contributed by atoms with E-state index in [4.69, 9.17) is 27.1 Å². The summed E-state index contributed by atoms with van der Waals surface area (Å²) in [6.45, 7) is 4.69. The Labute approximate surface area is 260 Å². The molecule has 8 nitrogen and oxygen atoms in total. The third kappa shape index (κ3) is 4.16. The van der Waals surface area contributed by atoms with E-state index in [9.17, 15) is 14.0 Å². The Morgan fingerprint density at radius 2 is 2.07 bits per heavy atom. The molecule has 4 aliphatic rings. The number of nitrogen functional groups attached to an aromatic ring is 1. The lowest BCUT2D eigenvalue weighted by atomic mass is 9.81. The number of nitrogens with two attached hydrogens (primary N) is 1. The molecule has 4 fully saturated rings. The zero-order chi connectivity index (χ0) is 30.4. The number of fused-ring (bicyclic) bond motifs is 3. The van der Waals surface area contributed by atoms with Crippen LogP contribution < -0.4 is 20.7 Å². The number of hydrogen-bond donors (Lipinski definition) is 2. The van der Waals surface area contributed by atoms with Crippen LogP contribution in [0, 0.1) is 28.4 Å². The topological polar surface area (TPSA) is 103 Å². The standard InChI is InChI=1S/C31H29ClF3N7OS/c32-20-8-18-25(24(35)23(20)17-2-3-21(34)26-22(17)19(10-36)27(37)44-26)39-29(40-28(18)41-7-5-30(14-41)12-38-13-30)43-15-31-4-1-6-42(31)11-16(33)9-31/h2-3,8,16,38H,1,4-7,9,11-15,37H2/t16-,31+/m1/s1. The summed E-state index contributed by atoms with van der Waals surface area (Å²) in [7, 11) is 0. The third-order valence-electron chi connectivity index (χ3n) is 10.0. The van der Waals surface area contributed by atoms with Crippen LogP contribution in [0.4, 0.5) is 24.0 Å². The van der Waals surface area contributed by atoms with Crippen molar-refractivity contribution in [2.24, 2.45) is 5.41 Å². The van der Waals surface area contributed by atoms with Crippen LogP contribution in [0.1, 0.15) is 31.2 Å². The average Bonchev–Trinajstić information content (AvgIpc) is 3.74. The molecule has 0 unspecified atom stereocenters. The second kappa shape index (κ2) is 10.1. The zero-order valence-corrected chi connectivity index (χ0v) is 25.3. The molecule has 6 heterocycles. The Hall–Kier alpha value is -3.37. The van der Waals surface area contributed by atoms with Crippen molar-refractivity contribution in [1.29, 1.82) is 5.26 Å². The largest absolute Gasteiger partial charge is 0.461 e. The van der Waals surface area contributed by atoms with E-state index in [0.29, 0.717) is 24.2 Å². The number of aromatic nitrogens is 2. The number of thiophene rings is 1. The molecular weight excluding hydrogens is 611 g/mol. The smallest absolute Gasteiger partial charge is 0.319 e. The molecule has 2 aromatic heterocycles. The molecule has 4 aromatic rings. The minimum atomic E-state index is -0.914. The predicted octanol–water partition coefficient (Wildman–Crippen LogP) is 5.65. The van der Waals surface area contributed by atoms with Gasteiger partial charge in [-0.15, -0.1) is 11.3 Å². The number of halogens is 4. The Morgan fingerprint density at radius 3 is 2.82 bits per heavy atom. The van der Waals surface area contributed by atoms with E-state index in [2.05, 4.69) is 20.1 Å². The second-order valence-electron chi connectivity index (χ2n) is 12.7. The number of nitriles is 1. The molecule has 2 aromatic carbocycles. The maximum atomic E-state index is 16.8. The highest BCUT2D eigenvalue weighted by Crippen LogP contribution is 2.47. The van der Waals surface area contributed by atoms with Crippen LogP contribution in [0.25, 0.3) is 32.1 Å². The van der Waals surface area contributed by atoms with E-state index in [1.54, 1.807) is 6.07 Å². The van der Waals surface area contributed by atoms with Crippen LogP contribution in [0.2, 0.25) is 5.02 Å². The first-order valence-corrected chi connectivity index (χ1v) is 16.0. The Morgan fingerprint density at radius 1 is 1.23 bits per heavy atom. The van der Waals surface area contributed by atoms with Crippen LogP contribution in [0.3, 0.4) is 0 Å². The first-order chi connectivity index (χ1) is 21.2. The highest BCUT2D eigenvalue weighted by molar-refractivity contribution is 7.23. The number of rotatable bonds is 5. The van der Waals surface area contributed by atoms with E-state index in [0.717, 1.165) is 63.3 Å². The first kappa shape index (κ1) is 28.1. The lowest BCUT2D eigenvalue weighted by molar-refractivity contribution is 0.107. The Balaban J connectivity index is 1.28. The zero-order valence-electron chi connectivity index (χ0n) is 23.7. The molecule has 4 saturated heterocycles. The predicted molar refractivity (Wildman–Crippen MR) is 165 cm³/mol. The molecule has 0 aliphatic carbocycles. The quantitative estimate of drug-likeness (QED) is 0.289. The van der Waals surface area contributed by atoms with Crippen LogP contribution in [0.5, 0.6) is 6.01 Å². The van der Waals surface area contributed by atoms with Gasteiger partial charge in [-0.2, -0.15) is 15.2 Å². The molecule has 0 saturated carbocycles. The van der Waals surface area contributed by atoms with Crippen LogP contribution in [0.15, 0.2) is 18.2 Å². The van der Waals surface area contributed by atoms with Crippen LogP contribution in [-0.2, 0) is 0 Å². The van der Waals surface area contributed by atoms with Crippen molar-refractivity contribution in [3.63, 3.8) is 0 Å². The van der Waals surface area contributed by atoms with Gasteiger partial charge in [0, 0.05) is 60.9 Å². The summed E-state index contributed by atoms with van der Waals surface area (Å²) >= 11 is 7.75. The summed E-state index contributed by atoms with van der Waals surface area (Å²) in [6.07, 6.45) is 2.22. The Bertz CT molecular complexity index is 1890. The van der Waals surface area contributed by atoms with Crippen LogP contribution >= 0.6 is 22.9 Å². The summed E-state index contributed by atoms with van der Waals surface area (Å²) in [5, 5.41) is 14.0. The summed E-state index contributed by atoms with van der Waals surface area (Å²) in [5.41, 5.74) is 6.08. The van der Waals surface area contributed by atoms with E-state index in [1.807, 2.05) is 6.07 Å². The molecule has 0 bridgehead atoms. The molecular formula is C31H29ClF3N7OS. The van der Waals surface area contributed by atoms with Crippen LogP contribution in [-0.4, -0.2) is 72.5 Å². The van der Waals surface area contributed by atoms with E-state index in [1.165, 1.54) is 12.1 Å². The summed E-state index contributed by atoms with van der Waals surface area (Å²) in [5.74, 6) is -0.763. The monoisotopic (exact) mass is 639 g/mol. The summed E-state index contributed by atoms with van der Waals surface area (Å²) in [6, 6.07) is 6.31. The minimum Gasteiger partial charge on any atom is -0.461 e. The van der Waals surface area contributed by atoms with Crippen molar-refractivity contribution in [2.75, 3.05) is 56.5 Å². The van der Waals surface area contributed by atoms with Gasteiger partial charge in [0.2, 0.25) is 0 Å². The SMILES string of the molecule is N#Cc1c(N)sc2c(F)ccc(-c3c(Cl)cc4c(N5CCC6(CNC6)C5)nc(OC[C@@]56CCCN5C[C@H](F)C6)nc4c3F)c12. The maximum Gasteiger partial charge on any atom is 0.319 e. The average molecular weight is 640 g/mol. The first-order valence-electron chi connectivity index (χ1n) is 14.8. The van der Waals surface area contributed by atoms with Gasteiger partial charge in [-0.25, -0.2) is 13.2 Å². The van der Waals surface area contributed by atoms with Gasteiger partial charge in [-0.3, -0.25) is 4.90 Å². The minimum absolute atomic E-state index is 0.00633. The molecule has 1 spiro atoms. The maximum absolute atomic E-state index is 16.8. The fourth-order valence-electron chi connectivity index (χ4n) is 7.75. The van der Waals surface area contributed by atoms with Crippen molar-refractivity contribution in [2.45, 2.75) is 37.4 Å². The van der Waals surface area contributed by atoms with Gasteiger partial charge in [0.25, 0.3) is 0 Å². The fourth-order valence-corrected chi connectivity index (χ4v) is 8.99. The van der Waals surface area contributed by atoms with Crippen molar-refractivity contribution in [3.8, 4) is 23.2 Å². The number of ether oxygens (including phenoxy) is 1. The van der Waals surface area contributed by atoms with Crippen molar-refractivity contribution >= 4 is 54.7 Å². The van der Waals surface area contributed by atoms with Gasteiger partial charge in [-0.05, 0) is 43.5 Å². The molecule has 8 rings (SSSR count). The molecule has 2 atom stereocenters. The summed E-state index contributed by atoms with van der Waals surface area (Å²) in [4.78, 5) is 13.6. The fraction of sp³-hybridized carbons (Fsp3) is 0.452.